The predicted molar refractivity (Wildman–Crippen MR) is 102 cm³/mol. The number of hydrogen-bond donors (Lipinski definition) is 1. The summed E-state index contributed by atoms with van der Waals surface area (Å²) in [6.07, 6.45) is 3.73. The van der Waals surface area contributed by atoms with E-state index in [-0.39, 0.29) is 0 Å². The van der Waals surface area contributed by atoms with E-state index in [2.05, 4.69) is 25.1 Å². The number of aromatic amines is 1. The molecule has 0 radical (unpaired) electrons. The largest absolute Gasteiger partial charge is 0.462 e. The second-order valence-electron chi connectivity index (χ2n) is 6.19. The van der Waals surface area contributed by atoms with Crippen LogP contribution in [0.3, 0.4) is 0 Å². The Morgan fingerprint density at radius 2 is 2.15 bits per heavy atom. The highest BCUT2D eigenvalue weighted by Crippen LogP contribution is 2.31. The summed E-state index contributed by atoms with van der Waals surface area (Å²) in [7, 11) is 0. The molecule has 0 bridgehead atoms. The molecule has 7 nitrogen and oxygen atoms in total. The van der Waals surface area contributed by atoms with Crippen molar-refractivity contribution in [1.82, 2.24) is 20.2 Å². The summed E-state index contributed by atoms with van der Waals surface area (Å²) >= 11 is 6.00. The van der Waals surface area contributed by atoms with Crippen LogP contribution in [0.15, 0.2) is 36.8 Å². The maximum absolute atomic E-state index is 12.3. The molecule has 138 valence electrons. The Hall–Kier alpha value is -2.93. The fourth-order valence-electron chi connectivity index (χ4n) is 3.25. The number of halogens is 1. The Bertz CT molecular complexity index is 970. The number of carbonyl (C=O) groups excluding carboxylic acids is 1. The van der Waals surface area contributed by atoms with E-state index < -0.39 is 5.97 Å². The molecule has 0 amide bonds. The minimum absolute atomic E-state index is 0.305. The number of anilines is 1. The maximum Gasteiger partial charge on any atom is 0.343 e. The SMILES string of the molecule is CCOC(=O)c1cncnc1N1CCc2[nH]nc(-c3ccc(Cl)cc3)c2C1. The second kappa shape index (κ2) is 7.36. The molecule has 1 aromatic carbocycles. The fourth-order valence-corrected chi connectivity index (χ4v) is 3.38. The van der Waals surface area contributed by atoms with Crippen molar-refractivity contribution in [2.75, 3.05) is 18.1 Å². The molecule has 2 aromatic heterocycles. The number of ether oxygens (including phenoxy) is 1. The molecule has 0 atom stereocenters. The lowest BCUT2D eigenvalue weighted by atomic mass is 10.0. The molecule has 0 saturated heterocycles. The lowest BCUT2D eigenvalue weighted by Crippen LogP contribution is -2.32. The molecule has 1 aliphatic rings. The van der Waals surface area contributed by atoms with E-state index in [4.69, 9.17) is 16.3 Å². The first-order valence-corrected chi connectivity index (χ1v) is 9.09. The van der Waals surface area contributed by atoms with Crippen LogP contribution in [0.5, 0.6) is 0 Å². The molecule has 0 fully saturated rings. The number of carbonyl (C=O) groups is 1. The van der Waals surface area contributed by atoms with Gasteiger partial charge in [0.1, 0.15) is 17.7 Å². The smallest absolute Gasteiger partial charge is 0.343 e. The van der Waals surface area contributed by atoms with Crippen LogP contribution in [0.2, 0.25) is 5.02 Å². The van der Waals surface area contributed by atoms with Crippen molar-refractivity contribution in [2.45, 2.75) is 19.9 Å². The topological polar surface area (TPSA) is 84.0 Å². The third kappa shape index (κ3) is 3.38. The molecule has 0 spiro atoms. The van der Waals surface area contributed by atoms with Crippen LogP contribution in [0.25, 0.3) is 11.3 Å². The minimum Gasteiger partial charge on any atom is -0.462 e. The standard InChI is InChI=1S/C19H18ClN5O2/c1-2-27-19(26)14-9-21-11-22-18(14)25-8-7-16-15(10-25)17(24-23-16)12-3-5-13(20)6-4-12/h3-6,9,11H,2,7-8,10H2,1H3,(H,23,24). The third-order valence-electron chi connectivity index (χ3n) is 4.54. The number of nitrogens with one attached hydrogen (secondary N) is 1. The number of esters is 1. The van der Waals surface area contributed by atoms with Crippen LogP contribution < -0.4 is 4.90 Å². The predicted octanol–water partition coefficient (Wildman–Crippen LogP) is 3.26. The number of hydrogen-bond acceptors (Lipinski definition) is 6. The van der Waals surface area contributed by atoms with Crippen LogP contribution >= 0.6 is 11.6 Å². The Balaban J connectivity index is 1.67. The van der Waals surface area contributed by atoms with Gasteiger partial charge in [0.2, 0.25) is 0 Å². The van der Waals surface area contributed by atoms with Gasteiger partial charge in [-0.2, -0.15) is 5.10 Å². The second-order valence-corrected chi connectivity index (χ2v) is 6.62. The van der Waals surface area contributed by atoms with Crippen molar-refractivity contribution in [3.8, 4) is 11.3 Å². The van der Waals surface area contributed by atoms with Crippen LogP contribution in [0.1, 0.15) is 28.5 Å². The molecule has 1 aliphatic heterocycles. The normalized spacial score (nSPS) is 13.3. The summed E-state index contributed by atoms with van der Waals surface area (Å²) in [4.78, 5) is 22.6. The summed E-state index contributed by atoms with van der Waals surface area (Å²) in [5.74, 6) is 0.168. The van der Waals surface area contributed by atoms with Crippen molar-refractivity contribution in [3.63, 3.8) is 0 Å². The summed E-state index contributed by atoms with van der Waals surface area (Å²) in [6.45, 7) is 3.39. The first-order chi connectivity index (χ1) is 13.2. The fraction of sp³-hybridized carbons (Fsp3) is 0.263. The number of rotatable bonds is 4. The van der Waals surface area contributed by atoms with E-state index in [1.165, 1.54) is 12.5 Å². The van der Waals surface area contributed by atoms with Gasteiger partial charge in [0.25, 0.3) is 0 Å². The monoisotopic (exact) mass is 383 g/mol. The highest BCUT2D eigenvalue weighted by atomic mass is 35.5. The van der Waals surface area contributed by atoms with Gasteiger partial charge in [-0.1, -0.05) is 23.7 Å². The average molecular weight is 384 g/mol. The Morgan fingerprint density at radius 3 is 2.93 bits per heavy atom. The van der Waals surface area contributed by atoms with E-state index in [9.17, 15) is 4.79 Å². The lowest BCUT2D eigenvalue weighted by Gasteiger charge is -2.29. The molecule has 4 rings (SSSR count). The molecule has 3 aromatic rings. The highest BCUT2D eigenvalue weighted by Gasteiger charge is 2.27. The van der Waals surface area contributed by atoms with Crippen LogP contribution in [-0.2, 0) is 17.7 Å². The third-order valence-corrected chi connectivity index (χ3v) is 4.79. The number of nitrogens with zero attached hydrogens (tertiary/aromatic N) is 4. The first-order valence-electron chi connectivity index (χ1n) is 8.71. The van der Waals surface area contributed by atoms with Gasteiger partial charge < -0.3 is 9.64 Å². The van der Waals surface area contributed by atoms with Gasteiger partial charge >= 0.3 is 5.97 Å². The first kappa shape index (κ1) is 17.5. The zero-order valence-corrected chi connectivity index (χ0v) is 15.5. The Labute approximate surface area is 161 Å². The van der Waals surface area contributed by atoms with Gasteiger partial charge in [-0.25, -0.2) is 14.8 Å². The van der Waals surface area contributed by atoms with Crippen molar-refractivity contribution in [1.29, 1.82) is 0 Å². The van der Waals surface area contributed by atoms with Crippen molar-refractivity contribution in [2.24, 2.45) is 0 Å². The summed E-state index contributed by atoms with van der Waals surface area (Å²) in [5.41, 5.74) is 4.45. The highest BCUT2D eigenvalue weighted by molar-refractivity contribution is 6.30. The summed E-state index contributed by atoms with van der Waals surface area (Å²) in [6, 6.07) is 7.60. The number of fused-ring (bicyclic) bond motifs is 1. The molecule has 3 heterocycles. The summed E-state index contributed by atoms with van der Waals surface area (Å²) in [5, 5.41) is 8.31. The molecular formula is C19H18ClN5O2. The molecule has 1 N–H and O–H groups in total. The lowest BCUT2D eigenvalue weighted by molar-refractivity contribution is 0.0526. The zero-order valence-electron chi connectivity index (χ0n) is 14.8. The van der Waals surface area contributed by atoms with E-state index in [1.807, 2.05) is 24.3 Å². The van der Waals surface area contributed by atoms with Crippen molar-refractivity contribution in [3.05, 3.63) is 58.6 Å². The number of aromatic nitrogens is 4. The zero-order chi connectivity index (χ0) is 18.8. The van der Waals surface area contributed by atoms with Gasteiger partial charge in [-0.3, -0.25) is 5.10 Å². The van der Waals surface area contributed by atoms with Crippen molar-refractivity contribution < 1.29 is 9.53 Å². The molecule has 27 heavy (non-hydrogen) atoms. The Kier molecular flexibility index (Phi) is 4.77. The number of benzene rings is 1. The van der Waals surface area contributed by atoms with Crippen molar-refractivity contribution >= 4 is 23.4 Å². The Morgan fingerprint density at radius 1 is 1.33 bits per heavy atom. The van der Waals surface area contributed by atoms with Gasteiger partial charge in [0.15, 0.2) is 0 Å². The molecule has 0 saturated carbocycles. The van der Waals surface area contributed by atoms with Crippen LogP contribution in [0, 0.1) is 0 Å². The van der Waals surface area contributed by atoms with E-state index in [1.54, 1.807) is 6.92 Å². The molecule has 8 heteroatoms. The number of H-pyrrole nitrogens is 1. The van der Waals surface area contributed by atoms with Crippen LogP contribution in [0.4, 0.5) is 5.82 Å². The van der Waals surface area contributed by atoms with Gasteiger partial charge in [0, 0.05) is 47.6 Å². The minimum atomic E-state index is -0.413. The van der Waals surface area contributed by atoms with E-state index in [0.29, 0.717) is 29.6 Å². The van der Waals surface area contributed by atoms with Gasteiger partial charge in [0.05, 0.1) is 12.3 Å². The van der Waals surface area contributed by atoms with Crippen LogP contribution in [-0.4, -0.2) is 39.3 Å². The van der Waals surface area contributed by atoms with Gasteiger partial charge in [-0.15, -0.1) is 0 Å². The van der Waals surface area contributed by atoms with E-state index in [0.717, 1.165) is 35.5 Å². The molecule has 0 unspecified atom stereocenters. The summed E-state index contributed by atoms with van der Waals surface area (Å²) < 4.78 is 5.14. The molecular weight excluding hydrogens is 366 g/mol. The average Bonchev–Trinajstić information content (AvgIpc) is 3.12. The van der Waals surface area contributed by atoms with E-state index >= 15 is 0 Å². The maximum atomic E-state index is 12.3. The molecule has 0 aliphatic carbocycles. The van der Waals surface area contributed by atoms with Gasteiger partial charge in [-0.05, 0) is 19.1 Å². The quantitative estimate of drug-likeness (QED) is 0.696.